The van der Waals surface area contributed by atoms with Gasteiger partial charge in [0.25, 0.3) is 0 Å². The zero-order valence-corrected chi connectivity index (χ0v) is 15.2. The Morgan fingerprint density at radius 2 is 1.50 bits per heavy atom. The molecule has 1 rings (SSSR count). The van der Waals surface area contributed by atoms with Crippen molar-refractivity contribution in [2.24, 2.45) is 0 Å². The molecule has 0 aliphatic heterocycles. The highest BCUT2D eigenvalue weighted by Gasteiger charge is 2.27. The predicted molar refractivity (Wildman–Crippen MR) is 100 cm³/mol. The topological polar surface area (TPSA) is 9.23 Å². The summed E-state index contributed by atoms with van der Waals surface area (Å²) in [6.07, 6.45) is 11.9. The SMILES string of the molecule is CCCCB(CCCC)C(CCCC)c1ccccc1OC. The molecule has 22 heavy (non-hydrogen) atoms. The van der Waals surface area contributed by atoms with Crippen LogP contribution >= 0.6 is 0 Å². The van der Waals surface area contributed by atoms with E-state index in [2.05, 4.69) is 45.0 Å². The highest BCUT2D eigenvalue weighted by Crippen LogP contribution is 2.35. The summed E-state index contributed by atoms with van der Waals surface area (Å²) in [7, 11) is 1.81. The quantitative estimate of drug-likeness (QED) is 0.395. The van der Waals surface area contributed by atoms with E-state index in [9.17, 15) is 0 Å². The van der Waals surface area contributed by atoms with Crippen molar-refractivity contribution in [3.63, 3.8) is 0 Å². The minimum atomic E-state index is 0.661. The lowest BCUT2D eigenvalue weighted by Crippen LogP contribution is -2.24. The van der Waals surface area contributed by atoms with Crippen LogP contribution in [-0.2, 0) is 0 Å². The van der Waals surface area contributed by atoms with Crippen molar-refractivity contribution in [1.29, 1.82) is 0 Å². The molecule has 0 radical (unpaired) electrons. The van der Waals surface area contributed by atoms with Gasteiger partial charge in [0.2, 0.25) is 0 Å². The van der Waals surface area contributed by atoms with Gasteiger partial charge < -0.3 is 4.74 Å². The molecule has 0 fully saturated rings. The first-order chi connectivity index (χ1) is 10.8. The normalized spacial score (nSPS) is 12.2. The highest BCUT2D eigenvalue weighted by atomic mass is 16.5. The van der Waals surface area contributed by atoms with E-state index in [1.165, 1.54) is 63.1 Å². The largest absolute Gasteiger partial charge is 0.496 e. The molecule has 0 spiro atoms. The molecule has 0 bridgehead atoms. The van der Waals surface area contributed by atoms with Crippen LogP contribution in [0.5, 0.6) is 5.75 Å². The van der Waals surface area contributed by atoms with Gasteiger partial charge >= 0.3 is 0 Å². The summed E-state index contributed by atoms with van der Waals surface area (Å²) in [6.45, 7) is 7.72. The first-order valence-electron chi connectivity index (χ1n) is 9.41. The molecule has 0 aliphatic carbocycles. The number of unbranched alkanes of at least 4 members (excludes halogenated alkanes) is 3. The van der Waals surface area contributed by atoms with Gasteiger partial charge in [-0.15, -0.1) is 0 Å². The molecule has 1 unspecified atom stereocenters. The molecular formula is C20H35BO. The summed E-state index contributed by atoms with van der Waals surface area (Å²) < 4.78 is 5.67. The van der Waals surface area contributed by atoms with Gasteiger partial charge in [-0.1, -0.05) is 96.6 Å². The Balaban J connectivity index is 2.99. The molecule has 1 aromatic rings. The summed E-state index contributed by atoms with van der Waals surface area (Å²) in [5.74, 6) is 1.75. The maximum Gasteiger partial charge on any atom is 0.148 e. The van der Waals surface area contributed by atoms with E-state index in [-0.39, 0.29) is 0 Å². The summed E-state index contributed by atoms with van der Waals surface area (Å²) in [5, 5.41) is 0. The van der Waals surface area contributed by atoms with E-state index in [4.69, 9.17) is 4.74 Å². The summed E-state index contributed by atoms with van der Waals surface area (Å²) in [6, 6.07) is 8.69. The molecule has 124 valence electrons. The van der Waals surface area contributed by atoms with Crippen LogP contribution in [0.3, 0.4) is 0 Å². The number of rotatable bonds is 12. The first kappa shape index (κ1) is 19.1. The van der Waals surface area contributed by atoms with Gasteiger partial charge in [0.1, 0.15) is 12.5 Å². The molecule has 0 aromatic heterocycles. The molecule has 0 N–H and O–H groups in total. The molecule has 0 heterocycles. The number of hydrogen-bond acceptors (Lipinski definition) is 1. The standard InChI is InChI=1S/C20H35BO/c1-5-8-14-19(18-13-11-12-15-20(18)22-4)21(16-9-6-2)17-10-7-3/h11-13,15,19H,5-10,14,16-17H2,1-4H3. The van der Waals surface area contributed by atoms with E-state index < -0.39 is 0 Å². The van der Waals surface area contributed by atoms with Crippen LogP contribution in [0, 0.1) is 0 Å². The van der Waals surface area contributed by atoms with Gasteiger partial charge in [-0.2, -0.15) is 0 Å². The third-order valence-corrected chi connectivity index (χ3v) is 4.83. The van der Waals surface area contributed by atoms with Gasteiger partial charge in [-0.25, -0.2) is 0 Å². The molecule has 0 aliphatic rings. The van der Waals surface area contributed by atoms with Crippen molar-refractivity contribution in [2.75, 3.05) is 7.11 Å². The van der Waals surface area contributed by atoms with Crippen LogP contribution in [0.15, 0.2) is 24.3 Å². The molecule has 1 atom stereocenters. The molecular weight excluding hydrogens is 267 g/mol. The van der Waals surface area contributed by atoms with Crippen molar-refractivity contribution in [3.05, 3.63) is 29.8 Å². The van der Waals surface area contributed by atoms with Crippen LogP contribution in [0.4, 0.5) is 0 Å². The van der Waals surface area contributed by atoms with Gasteiger partial charge in [0.05, 0.1) is 7.11 Å². The minimum absolute atomic E-state index is 0.661. The van der Waals surface area contributed by atoms with Crippen LogP contribution in [0.25, 0.3) is 0 Å². The van der Waals surface area contributed by atoms with Crippen LogP contribution in [-0.4, -0.2) is 13.8 Å². The fourth-order valence-electron chi connectivity index (χ4n) is 3.52. The summed E-state index contributed by atoms with van der Waals surface area (Å²) >= 11 is 0. The van der Waals surface area contributed by atoms with Crippen molar-refractivity contribution in [1.82, 2.24) is 0 Å². The second-order valence-electron chi connectivity index (χ2n) is 6.54. The molecule has 0 saturated heterocycles. The summed E-state index contributed by atoms with van der Waals surface area (Å²) in [4.78, 5) is 0. The van der Waals surface area contributed by atoms with Crippen molar-refractivity contribution < 1.29 is 4.74 Å². The number of benzene rings is 1. The Labute approximate surface area is 138 Å². The lowest BCUT2D eigenvalue weighted by Gasteiger charge is -2.27. The van der Waals surface area contributed by atoms with Gasteiger partial charge in [0, 0.05) is 0 Å². The molecule has 0 saturated carbocycles. The van der Waals surface area contributed by atoms with E-state index >= 15 is 0 Å². The molecule has 2 heteroatoms. The fraction of sp³-hybridized carbons (Fsp3) is 0.700. The second kappa shape index (κ2) is 11.6. The minimum Gasteiger partial charge on any atom is -0.496 e. The average molecular weight is 302 g/mol. The van der Waals surface area contributed by atoms with Crippen molar-refractivity contribution in [3.8, 4) is 5.75 Å². The Bertz CT molecular complexity index is 383. The lowest BCUT2D eigenvalue weighted by molar-refractivity contribution is 0.407. The van der Waals surface area contributed by atoms with E-state index in [0.717, 1.165) is 12.5 Å². The maximum absolute atomic E-state index is 5.67. The van der Waals surface area contributed by atoms with Gasteiger partial charge in [0.15, 0.2) is 0 Å². The third-order valence-electron chi connectivity index (χ3n) is 4.83. The maximum atomic E-state index is 5.67. The lowest BCUT2D eigenvalue weighted by atomic mass is 9.34. The second-order valence-corrected chi connectivity index (χ2v) is 6.54. The fourth-order valence-corrected chi connectivity index (χ4v) is 3.52. The smallest absolute Gasteiger partial charge is 0.148 e. The Hall–Kier alpha value is -0.915. The first-order valence-corrected chi connectivity index (χ1v) is 9.41. The molecule has 0 amide bonds. The number of methoxy groups -OCH3 is 1. The zero-order valence-electron chi connectivity index (χ0n) is 15.2. The van der Waals surface area contributed by atoms with Crippen LogP contribution < -0.4 is 4.74 Å². The van der Waals surface area contributed by atoms with Crippen LogP contribution in [0.2, 0.25) is 12.6 Å². The molecule has 1 aromatic carbocycles. The Morgan fingerprint density at radius 1 is 0.909 bits per heavy atom. The van der Waals surface area contributed by atoms with E-state index in [1.807, 2.05) is 7.11 Å². The third kappa shape index (κ3) is 6.06. The Morgan fingerprint density at radius 3 is 2.05 bits per heavy atom. The molecule has 1 nitrogen and oxygen atoms in total. The van der Waals surface area contributed by atoms with Gasteiger partial charge in [-0.3, -0.25) is 0 Å². The number of ether oxygens (including phenoxy) is 1. The number of para-hydroxylation sites is 1. The van der Waals surface area contributed by atoms with Crippen molar-refractivity contribution in [2.45, 2.75) is 84.2 Å². The average Bonchev–Trinajstić information content (AvgIpc) is 2.57. The van der Waals surface area contributed by atoms with E-state index in [0.29, 0.717) is 5.82 Å². The van der Waals surface area contributed by atoms with Gasteiger partial charge in [-0.05, 0) is 17.4 Å². The zero-order chi connectivity index (χ0) is 16.2. The highest BCUT2D eigenvalue weighted by molar-refractivity contribution is 6.60. The predicted octanol–water partition coefficient (Wildman–Crippen LogP) is 6.60. The number of hydrogen-bond donors (Lipinski definition) is 0. The van der Waals surface area contributed by atoms with E-state index in [1.54, 1.807) is 0 Å². The monoisotopic (exact) mass is 302 g/mol. The summed E-state index contributed by atoms with van der Waals surface area (Å²) in [5.41, 5.74) is 1.44. The van der Waals surface area contributed by atoms with Crippen molar-refractivity contribution >= 4 is 6.71 Å². The Kier molecular flexibility index (Phi) is 10.1. The van der Waals surface area contributed by atoms with Crippen LogP contribution in [0.1, 0.15) is 77.1 Å².